The van der Waals surface area contributed by atoms with Crippen LogP contribution in [0.15, 0.2) is 48.5 Å². The fourth-order valence-corrected chi connectivity index (χ4v) is 3.24. The van der Waals surface area contributed by atoms with Crippen LogP contribution in [0.1, 0.15) is 5.56 Å². The largest absolute Gasteiger partial charge is 0.496 e. The quantitative estimate of drug-likeness (QED) is 0.587. The van der Waals surface area contributed by atoms with E-state index in [1.165, 1.54) is 0 Å². The smallest absolute Gasteiger partial charge is 0.199 e. The molecule has 0 aliphatic rings. The highest BCUT2D eigenvalue weighted by atomic mass is 35.5. The normalized spacial score (nSPS) is 11.1. The maximum absolute atomic E-state index is 6.12. The molecule has 0 N–H and O–H groups in total. The highest BCUT2D eigenvalue weighted by Crippen LogP contribution is 2.24. The summed E-state index contributed by atoms with van der Waals surface area (Å²) in [5.74, 6) is 1.67. The van der Waals surface area contributed by atoms with E-state index in [2.05, 4.69) is 4.90 Å². The zero-order valence-corrected chi connectivity index (χ0v) is 16.6. The summed E-state index contributed by atoms with van der Waals surface area (Å²) in [6, 6.07) is 15.7. The van der Waals surface area contributed by atoms with Gasteiger partial charge in [-0.25, -0.2) is 4.68 Å². The van der Waals surface area contributed by atoms with Gasteiger partial charge in [0, 0.05) is 29.7 Å². The second-order valence-electron chi connectivity index (χ2n) is 6.14. The van der Waals surface area contributed by atoms with Gasteiger partial charge in [-0.05, 0) is 37.5 Å². The first-order chi connectivity index (χ1) is 12.5. The molecule has 0 radical (unpaired) electrons. The van der Waals surface area contributed by atoms with Gasteiger partial charge in [0.15, 0.2) is 10.6 Å². The number of nitrogens with zero attached hydrogens (tertiary/aromatic N) is 4. The number of benzene rings is 2. The molecule has 1 aromatic heterocycles. The van der Waals surface area contributed by atoms with Crippen LogP contribution in [0.5, 0.6) is 5.75 Å². The van der Waals surface area contributed by atoms with E-state index in [0.717, 1.165) is 22.7 Å². The Kier molecular flexibility index (Phi) is 5.76. The summed E-state index contributed by atoms with van der Waals surface area (Å²) in [6.45, 7) is 1.23. The molecule has 0 amide bonds. The molecule has 0 aliphatic carbocycles. The third kappa shape index (κ3) is 3.98. The Hall–Kier alpha value is -2.15. The maximum atomic E-state index is 6.12. The first-order valence-electron chi connectivity index (χ1n) is 8.20. The predicted molar refractivity (Wildman–Crippen MR) is 107 cm³/mol. The number of rotatable bonds is 6. The third-order valence-electron chi connectivity index (χ3n) is 4.13. The van der Waals surface area contributed by atoms with Crippen LogP contribution in [0.4, 0.5) is 0 Å². The van der Waals surface area contributed by atoms with Gasteiger partial charge in [0.05, 0.1) is 13.8 Å². The second-order valence-corrected chi connectivity index (χ2v) is 6.94. The van der Waals surface area contributed by atoms with Crippen LogP contribution in [0.2, 0.25) is 5.02 Å². The van der Waals surface area contributed by atoms with Crippen molar-refractivity contribution in [3.05, 3.63) is 63.9 Å². The standard InChI is InChI=1S/C19H21ClN4OS/c1-22(12-15-11-16(20)9-10-17(15)25-3)13-24-19(26)23(2)18(21-24)14-7-5-4-6-8-14/h4-11H,12-13H2,1-3H3. The van der Waals surface area contributed by atoms with Crippen molar-refractivity contribution in [2.24, 2.45) is 7.05 Å². The predicted octanol–water partition coefficient (Wildman–Crippen LogP) is 4.37. The summed E-state index contributed by atoms with van der Waals surface area (Å²) < 4.78 is 9.86. The van der Waals surface area contributed by atoms with Gasteiger partial charge in [0.25, 0.3) is 0 Å². The number of halogens is 1. The summed E-state index contributed by atoms with van der Waals surface area (Å²) in [5, 5.41) is 5.39. The molecule has 0 fully saturated rings. The molecule has 0 bridgehead atoms. The number of aromatic nitrogens is 3. The molecule has 26 heavy (non-hydrogen) atoms. The number of ether oxygens (including phenoxy) is 1. The molecule has 0 spiro atoms. The number of methoxy groups -OCH3 is 1. The minimum absolute atomic E-state index is 0.565. The molecule has 0 saturated heterocycles. The van der Waals surface area contributed by atoms with Crippen LogP contribution in [-0.2, 0) is 20.3 Å². The van der Waals surface area contributed by atoms with Crippen LogP contribution in [-0.4, -0.2) is 33.4 Å². The lowest BCUT2D eigenvalue weighted by Gasteiger charge is -2.18. The van der Waals surface area contributed by atoms with Gasteiger partial charge in [0.1, 0.15) is 5.75 Å². The molecule has 0 saturated carbocycles. The maximum Gasteiger partial charge on any atom is 0.199 e. The third-order valence-corrected chi connectivity index (χ3v) is 4.85. The summed E-state index contributed by atoms with van der Waals surface area (Å²) in [5.41, 5.74) is 2.06. The number of hydrogen-bond donors (Lipinski definition) is 0. The molecule has 136 valence electrons. The van der Waals surface area contributed by atoms with E-state index in [4.69, 9.17) is 33.7 Å². The molecule has 1 heterocycles. The van der Waals surface area contributed by atoms with Crippen LogP contribution < -0.4 is 4.74 Å². The Morgan fingerprint density at radius 3 is 2.62 bits per heavy atom. The van der Waals surface area contributed by atoms with Crippen LogP contribution in [0.3, 0.4) is 0 Å². The van der Waals surface area contributed by atoms with Crippen LogP contribution >= 0.6 is 23.8 Å². The Morgan fingerprint density at radius 1 is 1.19 bits per heavy atom. The average Bonchev–Trinajstić information content (AvgIpc) is 2.91. The van der Waals surface area contributed by atoms with Crippen molar-refractivity contribution in [1.29, 1.82) is 0 Å². The van der Waals surface area contributed by atoms with Gasteiger partial charge < -0.3 is 9.30 Å². The molecule has 3 rings (SSSR count). The van der Waals surface area contributed by atoms with E-state index in [9.17, 15) is 0 Å². The van der Waals surface area contributed by atoms with Gasteiger partial charge in [-0.15, -0.1) is 0 Å². The van der Waals surface area contributed by atoms with Crippen LogP contribution in [0, 0.1) is 4.77 Å². The lowest BCUT2D eigenvalue weighted by Crippen LogP contribution is -2.23. The van der Waals surface area contributed by atoms with Gasteiger partial charge >= 0.3 is 0 Å². The molecular weight excluding hydrogens is 368 g/mol. The molecule has 2 aromatic carbocycles. The van der Waals surface area contributed by atoms with E-state index < -0.39 is 0 Å². The van der Waals surface area contributed by atoms with Gasteiger partial charge in [0.2, 0.25) is 0 Å². The highest BCUT2D eigenvalue weighted by molar-refractivity contribution is 7.71. The first kappa shape index (κ1) is 18.6. The molecular formula is C19H21ClN4OS. The van der Waals surface area contributed by atoms with E-state index in [-0.39, 0.29) is 0 Å². The van der Waals surface area contributed by atoms with Crippen molar-refractivity contribution in [2.45, 2.75) is 13.2 Å². The molecule has 0 unspecified atom stereocenters. The lowest BCUT2D eigenvalue weighted by atomic mass is 10.2. The molecule has 3 aromatic rings. The van der Waals surface area contributed by atoms with Gasteiger partial charge in [-0.1, -0.05) is 41.9 Å². The van der Waals surface area contributed by atoms with Gasteiger partial charge in [-0.2, -0.15) is 5.10 Å². The Labute approximate surface area is 163 Å². The zero-order chi connectivity index (χ0) is 18.7. The fourth-order valence-electron chi connectivity index (χ4n) is 2.86. The second kappa shape index (κ2) is 8.03. The molecule has 0 atom stereocenters. The fraction of sp³-hybridized carbons (Fsp3) is 0.263. The van der Waals surface area contributed by atoms with E-state index in [1.807, 2.05) is 71.9 Å². The summed E-state index contributed by atoms with van der Waals surface area (Å²) in [4.78, 5) is 2.12. The van der Waals surface area contributed by atoms with Crippen molar-refractivity contribution in [1.82, 2.24) is 19.2 Å². The summed E-state index contributed by atoms with van der Waals surface area (Å²) in [7, 11) is 5.61. The lowest BCUT2D eigenvalue weighted by molar-refractivity contribution is 0.240. The SMILES string of the molecule is COc1ccc(Cl)cc1CN(C)Cn1nc(-c2ccccc2)n(C)c1=S. The van der Waals surface area contributed by atoms with Crippen molar-refractivity contribution in [3.63, 3.8) is 0 Å². The van der Waals surface area contributed by atoms with Crippen molar-refractivity contribution < 1.29 is 4.74 Å². The van der Waals surface area contributed by atoms with Crippen LogP contribution in [0.25, 0.3) is 11.4 Å². The Morgan fingerprint density at radius 2 is 1.92 bits per heavy atom. The Bertz CT molecular complexity index is 952. The monoisotopic (exact) mass is 388 g/mol. The molecule has 7 heteroatoms. The van der Waals surface area contributed by atoms with Crippen molar-refractivity contribution in [3.8, 4) is 17.1 Å². The van der Waals surface area contributed by atoms with Crippen molar-refractivity contribution in [2.75, 3.05) is 14.2 Å². The topological polar surface area (TPSA) is 35.2 Å². The summed E-state index contributed by atoms with van der Waals surface area (Å²) in [6.07, 6.45) is 0. The van der Waals surface area contributed by atoms with E-state index >= 15 is 0 Å². The van der Waals surface area contributed by atoms with E-state index in [1.54, 1.807) is 7.11 Å². The highest BCUT2D eigenvalue weighted by Gasteiger charge is 2.13. The zero-order valence-electron chi connectivity index (χ0n) is 15.0. The average molecular weight is 389 g/mol. The van der Waals surface area contributed by atoms with Crippen molar-refractivity contribution >= 4 is 23.8 Å². The minimum Gasteiger partial charge on any atom is -0.496 e. The summed E-state index contributed by atoms with van der Waals surface area (Å²) >= 11 is 11.7. The molecule has 0 aliphatic heterocycles. The van der Waals surface area contributed by atoms with E-state index in [0.29, 0.717) is 23.0 Å². The van der Waals surface area contributed by atoms with Gasteiger partial charge in [-0.3, -0.25) is 4.90 Å². The molecule has 5 nitrogen and oxygen atoms in total. The minimum atomic E-state index is 0.565. The Balaban J connectivity index is 1.81. The first-order valence-corrected chi connectivity index (χ1v) is 8.98. The number of hydrogen-bond acceptors (Lipinski definition) is 4.